The lowest BCUT2D eigenvalue weighted by Crippen LogP contribution is -2.60. The van der Waals surface area contributed by atoms with Gasteiger partial charge in [0.05, 0.1) is 23.7 Å². The minimum atomic E-state index is -1.46. The monoisotopic (exact) mass is 652 g/mol. The summed E-state index contributed by atoms with van der Waals surface area (Å²) in [7, 11) is 7.48. The molecule has 1 amide bonds. The molecule has 0 spiro atoms. The number of ketones is 1. The van der Waals surface area contributed by atoms with Crippen LogP contribution < -0.4 is 5.32 Å². The van der Waals surface area contributed by atoms with Crippen molar-refractivity contribution in [3.8, 4) is 0 Å². The summed E-state index contributed by atoms with van der Waals surface area (Å²) in [5, 5.41) is 14.6. The fourth-order valence-corrected chi connectivity index (χ4v) is 8.12. The Morgan fingerprint density at radius 3 is 2.37 bits per heavy atom. The van der Waals surface area contributed by atoms with E-state index in [0.29, 0.717) is 32.5 Å². The van der Waals surface area contributed by atoms with E-state index in [9.17, 15) is 19.5 Å². The Hall–Kier alpha value is -1.67. The molecule has 10 atom stereocenters. The van der Waals surface area contributed by atoms with E-state index in [0.717, 1.165) is 19.5 Å². The van der Waals surface area contributed by atoms with Gasteiger partial charge in [-0.1, -0.05) is 13.8 Å². The SMILES string of the molecule is CO[C@]1(C)C[C@@H](C)CN(C)[C@H](C2CN(C(=O)[C@H]3CCNC3)C2)COC(=O)C(C)(C)C(=O)[C@H](C)[C@H]1O[C@@H]1O[C@H](C)C[C@H](N(C)C)[C@H]1O. The maximum atomic E-state index is 14.2. The Balaban J connectivity index is 1.59. The van der Waals surface area contributed by atoms with Crippen molar-refractivity contribution in [2.45, 2.75) is 103 Å². The maximum absolute atomic E-state index is 14.2. The zero-order valence-electron chi connectivity index (χ0n) is 29.8. The maximum Gasteiger partial charge on any atom is 0.319 e. The first-order chi connectivity index (χ1) is 21.5. The van der Waals surface area contributed by atoms with Crippen molar-refractivity contribution in [2.24, 2.45) is 29.1 Å². The number of methoxy groups -OCH3 is 1. The predicted molar refractivity (Wildman–Crippen MR) is 173 cm³/mol. The molecule has 4 aliphatic heterocycles. The Morgan fingerprint density at radius 2 is 1.78 bits per heavy atom. The van der Waals surface area contributed by atoms with E-state index >= 15 is 0 Å². The van der Waals surface area contributed by atoms with Gasteiger partial charge in [-0.15, -0.1) is 0 Å². The number of hydrogen-bond acceptors (Lipinski definition) is 11. The van der Waals surface area contributed by atoms with Crippen LogP contribution in [0.25, 0.3) is 0 Å². The van der Waals surface area contributed by atoms with Gasteiger partial charge in [0.15, 0.2) is 12.1 Å². The average Bonchev–Trinajstić information content (AvgIpc) is 3.51. The Labute approximate surface area is 275 Å². The molecule has 0 aliphatic carbocycles. The molecule has 4 saturated heterocycles. The van der Waals surface area contributed by atoms with Crippen LogP contribution in [0.2, 0.25) is 0 Å². The lowest BCUT2D eigenvalue weighted by atomic mass is 9.74. The highest BCUT2D eigenvalue weighted by Crippen LogP contribution is 2.39. The lowest BCUT2D eigenvalue weighted by Gasteiger charge is -2.48. The second kappa shape index (κ2) is 14.8. The van der Waals surface area contributed by atoms with Gasteiger partial charge >= 0.3 is 5.97 Å². The fourth-order valence-electron chi connectivity index (χ4n) is 8.12. The molecule has 4 fully saturated rings. The van der Waals surface area contributed by atoms with Gasteiger partial charge < -0.3 is 39.2 Å². The summed E-state index contributed by atoms with van der Waals surface area (Å²) >= 11 is 0. The first kappa shape index (κ1) is 37.2. The summed E-state index contributed by atoms with van der Waals surface area (Å²) in [6.07, 6.45) is -0.863. The van der Waals surface area contributed by atoms with Gasteiger partial charge in [0.1, 0.15) is 18.1 Å². The zero-order chi connectivity index (χ0) is 34.1. The molecule has 46 heavy (non-hydrogen) atoms. The van der Waals surface area contributed by atoms with Crippen molar-refractivity contribution < 1.29 is 38.4 Å². The van der Waals surface area contributed by atoms with Crippen LogP contribution in [0.1, 0.15) is 60.8 Å². The minimum Gasteiger partial charge on any atom is -0.463 e. The van der Waals surface area contributed by atoms with Crippen LogP contribution in [0.4, 0.5) is 0 Å². The zero-order valence-corrected chi connectivity index (χ0v) is 29.8. The average molecular weight is 653 g/mol. The van der Waals surface area contributed by atoms with Crippen molar-refractivity contribution in [3.63, 3.8) is 0 Å². The quantitative estimate of drug-likeness (QED) is 0.319. The number of ether oxygens (including phenoxy) is 4. The number of likely N-dealkylation sites (tertiary alicyclic amines) is 1. The summed E-state index contributed by atoms with van der Waals surface area (Å²) < 4.78 is 24.9. The molecule has 12 nitrogen and oxygen atoms in total. The molecule has 0 bridgehead atoms. The van der Waals surface area contributed by atoms with E-state index in [4.69, 9.17) is 18.9 Å². The van der Waals surface area contributed by atoms with Crippen LogP contribution in [0, 0.1) is 29.1 Å². The van der Waals surface area contributed by atoms with Crippen LogP contribution in [0.3, 0.4) is 0 Å². The van der Waals surface area contributed by atoms with Gasteiger partial charge in [-0.05, 0) is 80.6 Å². The van der Waals surface area contributed by atoms with Crippen LogP contribution in [0.5, 0.6) is 0 Å². The van der Waals surface area contributed by atoms with Gasteiger partial charge in [0.2, 0.25) is 5.91 Å². The smallest absolute Gasteiger partial charge is 0.319 e. The lowest BCUT2D eigenvalue weighted by molar-refractivity contribution is -0.295. The van der Waals surface area contributed by atoms with E-state index in [1.54, 1.807) is 27.9 Å². The molecule has 0 aromatic carbocycles. The van der Waals surface area contributed by atoms with Gasteiger partial charge in [0, 0.05) is 57.2 Å². The second-order valence-corrected chi connectivity index (χ2v) is 15.5. The third-order valence-corrected chi connectivity index (χ3v) is 11.1. The summed E-state index contributed by atoms with van der Waals surface area (Å²) in [4.78, 5) is 47.0. The number of amides is 1. The topological polar surface area (TPSA) is 130 Å². The van der Waals surface area contributed by atoms with Gasteiger partial charge in [-0.3, -0.25) is 19.3 Å². The molecule has 12 heteroatoms. The van der Waals surface area contributed by atoms with Crippen molar-refractivity contribution in [3.05, 3.63) is 0 Å². The first-order valence-corrected chi connectivity index (χ1v) is 17.1. The highest BCUT2D eigenvalue weighted by atomic mass is 16.7. The molecule has 0 unspecified atom stereocenters. The summed E-state index contributed by atoms with van der Waals surface area (Å²) in [6.45, 7) is 14.7. The van der Waals surface area contributed by atoms with Crippen molar-refractivity contribution >= 4 is 17.7 Å². The summed E-state index contributed by atoms with van der Waals surface area (Å²) in [5.74, 6) is -1.22. The number of nitrogens with one attached hydrogen (secondary N) is 1. The number of aliphatic hydroxyl groups is 1. The molecule has 0 aromatic rings. The molecule has 264 valence electrons. The Morgan fingerprint density at radius 1 is 1.11 bits per heavy atom. The fraction of sp³-hybridized carbons (Fsp3) is 0.912. The van der Waals surface area contributed by atoms with Crippen LogP contribution >= 0.6 is 0 Å². The van der Waals surface area contributed by atoms with E-state index in [1.807, 2.05) is 44.8 Å². The van der Waals surface area contributed by atoms with Crippen molar-refractivity contribution in [1.82, 2.24) is 20.0 Å². The molecule has 0 aromatic heterocycles. The first-order valence-electron chi connectivity index (χ1n) is 17.1. The third-order valence-electron chi connectivity index (χ3n) is 11.1. The molecule has 4 aliphatic rings. The number of carbonyl (C=O) groups excluding carboxylic acids is 3. The molecule has 4 rings (SSSR count). The van der Waals surface area contributed by atoms with E-state index in [-0.39, 0.29) is 54.2 Å². The van der Waals surface area contributed by atoms with Gasteiger partial charge in [-0.25, -0.2) is 0 Å². The van der Waals surface area contributed by atoms with E-state index in [1.165, 1.54) is 0 Å². The van der Waals surface area contributed by atoms with E-state index in [2.05, 4.69) is 17.1 Å². The number of hydrogen-bond donors (Lipinski definition) is 2. The number of carbonyl (C=O) groups is 3. The van der Waals surface area contributed by atoms with Gasteiger partial charge in [-0.2, -0.15) is 0 Å². The highest BCUT2D eigenvalue weighted by Gasteiger charge is 2.52. The number of aliphatic hydroxyl groups excluding tert-OH is 1. The van der Waals surface area contributed by atoms with E-state index < -0.39 is 41.4 Å². The largest absolute Gasteiger partial charge is 0.463 e. The number of nitrogens with zero attached hydrogens (tertiary/aromatic N) is 3. The van der Waals surface area contributed by atoms with Crippen LogP contribution in [-0.4, -0.2) is 147 Å². The molecular formula is C34H60N4O8. The molecular weight excluding hydrogens is 592 g/mol. The molecule has 0 saturated carbocycles. The minimum absolute atomic E-state index is 0.0318. The van der Waals surface area contributed by atoms with Gasteiger partial charge in [0.25, 0.3) is 0 Å². The van der Waals surface area contributed by atoms with Crippen molar-refractivity contribution in [1.29, 1.82) is 0 Å². The third kappa shape index (κ3) is 7.79. The Kier molecular flexibility index (Phi) is 12.0. The predicted octanol–water partition coefficient (Wildman–Crippen LogP) is 1.39. The number of cyclic esters (lactones) is 1. The van der Waals surface area contributed by atoms with Crippen LogP contribution in [-0.2, 0) is 33.3 Å². The van der Waals surface area contributed by atoms with Crippen LogP contribution in [0.15, 0.2) is 0 Å². The van der Waals surface area contributed by atoms with Crippen molar-refractivity contribution in [2.75, 3.05) is 67.6 Å². The normalized spacial score (nSPS) is 40.5. The Bertz CT molecular complexity index is 1080. The summed E-state index contributed by atoms with van der Waals surface area (Å²) in [6, 6.07) is -0.302. The molecule has 4 heterocycles. The number of likely N-dealkylation sites (N-methyl/N-ethyl adjacent to an activating group) is 2. The number of Topliss-reactive ketones (excluding diaryl/α,β-unsaturated/α-hetero) is 1. The molecule has 0 radical (unpaired) electrons. The number of rotatable bonds is 6. The highest BCUT2D eigenvalue weighted by molar-refractivity contribution is 6.04. The second-order valence-electron chi connectivity index (χ2n) is 15.5. The standard InChI is InChI=1S/C34H60N4O8/c1-20-14-34(6,43-10)29(46-31-27(39)25(36(7)8)13-21(2)45-31)22(3)28(40)33(4,5)32(42)44-19-26(37(9)16-20)24-17-38(18-24)30(41)23-11-12-35-15-23/h20-27,29,31,35,39H,11-19H2,1-10H3/t20-,21-,22+,23+,25+,26+,27-,29-,31+,34-/m1/s1. The molecule has 2 N–H and O–H groups in total. The summed E-state index contributed by atoms with van der Waals surface area (Å²) in [5.41, 5.74) is -2.41. The number of esters is 1.